The number of aryl methyl sites for hydroxylation is 2. The normalized spacial score (nSPS) is 12.1. The monoisotopic (exact) mass is 262 g/mol. The zero-order valence-corrected chi connectivity index (χ0v) is 12.2. The van der Waals surface area contributed by atoms with Crippen LogP contribution < -0.4 is 10.6 Å². The molecular weight excluding hydrogens is 240 g/mol. The first-order chi connectivity index (χ1) is 8.81. The SMILES string of the molecule is CC(=O)N[C@H](C(=O)Nc1cc(C)ccc1C)C(C)C. The molecule has 1 aromatic rings. The van der Waals surface area contributed by atoms with Crippen molar-refractivity contribution in [3.05, 3.63) is 29.3 Å². The summed E-state index contributed by atoms with van der Waals surface area (Å²) >= 11 is 0. The molecule has 104 valence electrons. The lowest BCUT2D eigenvalue weighted by Crippen LogP contribution is -2.46. The lowest BCUT2D eigenvalue weighted by Gasteiger charge is -2.21. The van der Waals surface area contributed by atoms with Gasteiger partial charge in [-0.05, 0) is 37.0 Å². The summed E-state index contributed by atoms with van der Waals surface area (Å²) in [4.78, 5) is 23.4. The molecule has 2 amide bonds. The minimum absolute atomic E-state index is 0.0361. The predicted octanol–water partition coefficient (Wildman–Crippen LogP) is 2.40. The van der Waals surface area contributed by atoms with E-state index in [1.165, 1.54) is 6.92 Å². The molecule has 0 spiro atoms. The molecule has 0 bridgehead atoms. The van der Waals surface area contributed by atoms with Crippen LogP contribution in [0.25, 0.3) is 0 Å². The highest BCUT2D eigenvalue weighted by Gasteiger charge is 2.23. The van der Waals surface area contributed by atoms with Crippen LogP contribution >= 0.6 is 0 Å². The first kappa shape index (κ1) is 15.2. The number of anilines is 1. The molecule has 0 aromatic heterocycles. The number of carbonyl (C=O) groups excluding carboxylic acids is 2. The first-order valence-corrected chi connectivity index (χ1v) is 6.46. The molecule has 0 aliphatic heterocycles. The molecule has 19 heavy (non-hydrogen) atoms. The molecule has 1 rings (SSSR count). The Morgan fingerprint density at radius 3 is 2.32 bits per heavy atom. The predicted molar refractivity (Wildman–Crippen MR) is 77.0 cm³/mol. The second kappa shape index (κ2) is 6.36. The Bertz CT molecular complexity index is 481. The van der Waals surface area contributed by atoms with E-state index in [0.29, 0.717) is 0 Å². The summed E-state index contributed by atoms with van der Waals surface area (Å²) in [7, 11) is 0. The van der Waals surface area contributed by atoms with Gasteiger partial charge in [-0.15, -0.1) is 0 Å². The Morgan fingerprint density at radius 2 is 1.79 bits per heavy atom. The molecule has 0 radical (unpaired) electrons. The second-order valence-corrected chi connectivity index (χ2v) is 5.23. The third kappa shape index (κ3) is 4.39. The molecule has 0 aliphatic rings. The van der Waals surface area contributed by atoms with Crippen molar-refractivity contribution >= 4 is 17.5 Å². The van der Waals surface area contributed by atoms with E-state index in [9.17, 15) is 9.59 Å². The quantitative estimate of drug-likeness (QED) is 0.875. The maximum atomic E-state index is 12.2. The third-order valence-corrected chi connectivity index (χ3v) is 2.96. The Hall–Kier alpha value is -1.84. The third-order valence-electron chi connectivity index (χ3n) is 2.96. The largest absolute Gasteiger partial charge is 0.344 e. The molecule has 0 unspecified atom stereocenters. The number of carbonyl (C=O) groups is 2. The molecule has 2 N–H and O–H groups in total. The van der Waals surface area contributed by atoms with E-state index in [2.05, 4.69) is 10.6 Å². The molecular formula is C15H22N2O2. The van der Waals surface area contributed by atoms with Crippen LogP contribution in [0.1, 0.15) is 31.9 Å². The molecule has 0 aliphatic carbocycles. The fourth-order valence-electron chi connectivity index (χ4n) is 1.83. The Labute approximate surface area is 114 Å². The molecule has 4 heteroatoms. The zero-order valence-electron chi connectivity index (χ0n) is 12.2. The summed E-state index contributed by atoms with van der Waals surface area (Å²) in [6.07, 6.45) is 0. The fourth-order valence-corrected chi connectivity index (χ4v) is 1.83. The number of rotatable bonds is 4. The van der Waals surface area contributed by atoms with Crippen LogP contribution in [0.15, 0.2) is 18.2 Å². The van der Waals surface area contributed by atoms with Crippen LogP contribution in [0.3, 0.4) is 0 Å². The average Bonchev–Trinajstić information content (AvgIpc) is 2.30. The Balaban J connectivity index is 2.87. The van der Waals surface area contributed by atoms with Gasteiger partial charge in [0, 0.05) is 12.6 Å². The van der Waals surface area contributed by atoms with Gasteiger partial charge in [0.15, 0.2) is 0 Å². The van der Waals surface area contributed by atoms with Crippen molar-refractivity contribution in [1.82, 2.24) is 5.32 Å². The Kier molecular flexibility index (Phi) is 5.10. The summed E-state index contributed by atoms with van der Waals surface area (Å²) in [6, 6.07) is 5.38. The van der Waals surface area contributed by atoms with Crippen molar-refractivity contribution in [2.75, 3.05) is 5.32 Å². The van der Waals surface area contributed by atoms with E-state index >= 15 is 0 Å². The van der Waals surface area contributed by atoms with Crippen LogP contribution in [-0.2, 0) is 9.59 Å². The van der Waals surface area contributed by atoms with E-state index < -0.39 is 6.04 Å². The minimum Gasteiger partial charge on any atom is -0.344 e. The Morgan fingerprint density at radius 1 is 1.16 bits per heavy atom. The number of benzene rings is 1. The van der Waals surface area contributed by atoms with E-state index in [1.54, 1.807) is 0 Å². The first-order valence-electron chi connectivity index (χ1n) is 6.46. The van der Waals surface area contributed by atoms with Crippen LogP contribution in [0, 0.1) is 19.8 Å². The van der Waals surface area contributed by atoms with Gasteiger partial charge in [-0.3, -0.25) is 9.59 Å². The molecule has 0 saturated heterocycles. The average molecular weight is 262 g/mol. The highest BCUT2D eigenvalue weighted by Crippen LogP contribution is 2.17. The molecule has 0 heterocycles. The van der Waals surface area contributed by atoms with Crippen molar-refractivity contribution in [1.29, 1.82) is 0 Å². The molecule has 1 atom stereocenters. The van der Waals surface area contributed by atoms with Gasteiger partial charge < -0.3 is 10.6 Å². The van der Waals surface area contributed by atoms with Gasteiger partial charge in [-0.1, -0.05) is 26.0 Å². The molecule has 1 aromatic carbocycles. The lowest BCUT2D eigenvalue weighted by molar-refractivity contribution is -0.126. The topological polar surface area (TPSA) is 58.2 Å². The van der Waals surface area contributed by atoms with Gasteiger partial charge in [0.05, 0.1) is 0 Å². The van der Waals surface area contributed by atoms with Gasteiger partial charge >= 0.3 is 0 Å². The van der Waals surface area contributed by atoms with E-state index in [-0.39, 0.29) is 17.7 Å². The summed E-state index contributed by atoms with van der Waals surface area (Å²) in [5, 5.41) is 5.57. The van der Waals surface area contributed by atoms with Gasteiger partial charge in [0.1, 0.15) is 6.04 Å². The van der Waals surface area contributed by atoms with Crippen molar-refractivity contribution in [3.63, 3.8) is 0 Å². The summed E-state index contributed by atoms with van der Waals surface area (Å²) in [5.74, 6) is -0.345. The summed E-state index contributed by atoms with van der Waals surface area (Å²) in [5.41, 5.74) is 2.88. The maximum absolute atomic E-state index is 12.2. The fraction of sp³-hybridized carbons (Fsp3) is 0.467. The number of hydrogen-bond donors (Lipinski definition) is 2. The van der Waals surface area contributed by atoms with E-state index in [0.717, 1.165) is 16.8 Å². The van der Waals surface area contributed by atoms with Crippen molar-refractivity contribution < 1.29 is 9.59 Å². The van der Waals surface area contributed by atoms with Gasteiger partial charge in [0.25, 0.3) is 0 Å². The van der Waals surface area contributed by atoms with Gasteiger partial charge in [0.2, 0.25) is 11.8 Å². The van der Waals surface area contributed by atoms with E-state index in [4.69, 9.17) is 0 Å². The maximum Gasteiger partial charge on any atom is 0.247 e. The van der Waals surface area contributed by atoms with Gasteiger partial charge in [-0.25, -0.2) is 0 Å². The molecule has 4 nitrogen and oxygen atoms in total. The highest BCUT2D eigenvalue weighted by molar-refractivity contribution is 5.97. The zero-order chi connectivity index (χ0) is 14.6. The molecule has 0 fully saturated rings. The molecule has 0 saturated carbocycles. The van der Waals surface area contributed by atoms with Crippen LogP contribution in [0.2, 0.25) is 0 Å². The number of amides is 2. The second-order valence-electron chi connectivity index (χ2n) is 5.23. The van der Waals surface area contributed by atoms with Crippen molar-refractivity contribution in [3.8, 4) is 0 Å². The number of hydrogen-bond acceptors (Lipinski definition) is 2. The summed E-state index contributed by atoms with van der Waals surface area (Å²) < 4.78 is 0. The van der Waals surface area contributed by atoms with Crippen LogP contribution in [0.5, 0.6) is 0 Å². The lowest BCUT2D eigenvalue weighted by atomic mass is 10.0. The van der Waals surface area contributed by atoms with Crippen LogP contribution in [-0.4, -0.2) is 17.9 Å². The van der Waals surface area contributed by atoms with Crippen LogP contribution in [0.4, 0.5) is 5.69 Å². The van der Waals surface area contributed by atoms with E-state index in [1.807, 2.05) is 45.9 Å². The highest BCUT2D eigenvalue weighted by atomic mass is 16.2. The van der Waals surface area contributed by atoms with Crippen molar-refractivity contribution in [2.24, 2.45) is 5.92 Å². The number of nitrogens with one attached hydrogen (secondary N) is 2. The summed E-state index contributed by atoms with van der Waals surface area (Å²) in [6.45, 7) is 9.15. The standard InChI is InChI=1S/C15H22N2O2/c1-9(2)14(16-12(5)18)15(19)17-13-8-10(3)6-7-11(13)4/h6-9,14H,1-5H3,(H,16,18)(H,17,19)/t14-/m0/s1. The minimum atomic E-state index is -0.516. The smallest absolute Gasteiger partial charge is 0.247 e. The van der Waals surface area contributed by atoms with Gasteiger partial charge in [-0.2, -0.15) is 0 Å². The van der Waals surface area contributed by atoms with Crippen molar-refractivity contribution in [2.45, 2.75) is 40.7 Å².